The number of carboxylic acids is 1. The molecule has 0 aromatic heterocycles. The van der Waals surface area contributed by atoms with Crippen molar-refractivity contribution in [1.29, 1.82) is 0 Å². The van der Waals surface area contributed by atoms with Gasteiger partial charge < -0.3 is 5.11 Å². The number of benzene rings is 1. The highest BCUT2D eigenvalue weighted by molar-refractivity contribution is 7.91. The van der Waals surface area contributed by atoms with E-state index in [0.717, 1.165) is 12.2 Å². The van der Waals surface area contributed by atoms with E-state index in [1.54, 1.807) is 0 Å². The van der Waals surface area contributed by atoms with Crippen LogP contribution in [0.3, 0.4) is 0 Å². The summed E-state index contributed by atoms with van der Waals surface area (Å²) in [4.78, 5) is 22.1. The van der Waals surface area contributed by atoms with Gasteiger partial charge in [0, 0.05) is 11.6 Å². The second-order valence-electron chi connectivity index (χ2n) is 4.74. The van der Waals surface area contributed by atoms with Crippen molar-refractivity contribution in [2.75, 3.05) is 5.75 Å². The summed E-state index contributed by atoms with van der Waals surface area (Å²) in [6, 6.07) is 5.47. The van der Waals surface area contributed by atoms with E-state index in [0.29, 0.717) is 0 Å². The van der Waals surface area contributed by atoms with Crippen LogP contribution in [0.1, 0.15) is 24.2 Å². The zero-order valence-corrected chi connectivity index (χ0v) is 12.1. The van der Waals surface area contributed by atoms with Gasteiger partial charge in [0.25, 0.3) is 0 Å². The number of hydrogen-bond acceptors (Lipinski definition) is 4. The van der Waals surface area contributed by atoms with Crippen LogP contribution in [0.15, 0.2) is 41.3 Å². The Hall–Kier alpha value is -1.95. The first-order chi connectivity index (χ1) is 9.22. The summed E-state index contributed by atoms with van der Waals surface area (Å²) < 4.78 is 23.9. The van der Waals surface area contributed by atoms with Crippen molar-refractivity contribution in [3.05, 3.63) is 42.0 Å². The Morgan fingerprint density at radius 2 is 1.70 bits per heavy atom. The molecule has 0 heterocycles. The smallest absolute Gasteiger partial charge is 0.328 e. The van der Waals surface area contributed by atoms with Crippen molar-refractivity contribution in [2.45, 2.75) is 18.7 Å². The van der Waals surface area contributed by atoms with Crippen LogP contribution in [0.2, 0.25) is 0 Å². The van der Waals surface area contributed by atoms with Crippen LogP contribution >= 0.6 is 0 Å². The maximum atomic E-state index is 12.0. The van der Waals surface area contributed by atoms with E-state index in [1.165, 1.54) is 24.3 Å². The molecule has 1 aromatic carbocycles. The zero-order chi connectivity index (χ0) is 15.3. The molecule has 0 spiro atoms. The van der Waals surface area contributed by atoms with Gasteiger partial charge in [-0.05, 0) is 36.3 Å². The summed E-state index contributed by atoms with van der Waals surface area (Å²) in [6.45, 7) is 3.62. The first-order valence-electron chi connectivity index (χ1n) is 6.00. The van der Waals surface area contributed by atoms with Gasteiger partial charge in [0.15, 0.2) is 15.6 Å². The van der Waals surface area contributed by atoms with E-state index in [9.17, 15) is 18.0 Å². The number of carbonyl (C=O) groups excluding carboxylic acids is 1. The Morgan fingerprint density at radius 3 is 2.15 bits per heavy atom. The highest BCUT2D eigenvalue weighted by Gasteiger charge is 2.16. The third-order valence-electron chi connectivity index (χ3n) is 2.43. The van der Waals surface area contributed by atoms with Gasteiger partial charge in [-0.15, -0.1) is 0 Å². The number of rotatable bonds is 6. The van der Waals surface area contributed by atoms with Gasteiger partial charge in [-0.3, -0.25) is 4.79 Å². The third-order valence-corrected chi connectivity index (χ3v) is 4.52. The molecular weight excluding hydrogens is 280 g/mol. The molecule has 0 amide bonds. The summed E-state index contributed by atoms with van der Waals surface area (Å²) in [5.41, 5.74) is 0.242. The van der Waals surface area contributed by atoms with Crippen LogP contribution in [0, 0.1) is 5.92 Å². The number of carbonyl (C=O) groups is 2. The first kappa shape index (κ1) is 16.1. The maximum absolute atomic E-state index is 12.0. The molecule has 0 unspecified atom stereocenters. The monoisotopic (exact) mass is 296 g/mol. The van der Waals surface area contributed by atoms with Gasteiger partial charge in [-0.1, -0.05) is 13.8 Å². The van der Waals surface area contributed by atoms with Crippen LogP contribution in [0.4, 0.5) is 0 Å². The zero-order valence-electron chi connectivity index (χ0n) is 11.2. The average molecular weight is 296 g/mol. The molecule has 108 valence electrons. The van der Waals surface area contributed by atoms with E-state index in [-0.39, 0.29) is 22.1 Å². The fraction of sp³-hybridized carbons (Fsp3) is 0.286. The Morgan fingerprint density at radius 1 is 1.15 bits per heavy atom. The van der Waals surface area contributed by atoms with Crippen molar-refractivity contribution < 1.29 is 23.1 Å². The van der Waals surface area contributed by atoms with Gasteiger partial charge >= 0.3 is 5.97 Å². The topological polar surface area (TPSA) is 88.5 Å². The normalized spacial score (nSPS) is 11.9. The van der Waals surface area contributed by atoms with Crippen molar-refractivity contribution in [2.24, 2.45) is 5.92 Å². The van der Waals surface area contributed by atoms with E-state index in [4.69, 9.17) is 5.11 Å². The number of allylic oxidation sites excluding steroid dienone is 1. The molecule has 0 aliphatic heterocycles. The second kappa shape index (κ2) is 6.47. The molecule has 1 aromatic rings. The molecule has 0 radical (unpaired) electrons. The number of ketones is 1. The Balaban J connectivity index is 2.95. The molecule has 0 saturated heterocycles. The lowest BCUT2D eigenvalue weighted by Crippen LogP contribution is -2.12. The highest BCUT2D eigenvalue weighted by atomic mass is 32.2. The summed E-state index contributed by atoms with van der Waals surface area (Å²) in [6.07, 6.45) is 1.67. The molecular formula is C14H16O5S. The fourth-order valence-electron chi connectivity index (χ4n) is 1.60. The minimum absolute atomic E-state index is 0.0137. The van der Waals surface area contributed by atoms with Gasteiger partial charge in [-0.25, -0.2) is 13.2 Å². The number of sulfone groups is 1. The van der Waals surface area contributed by atoms with Gasteiger partial charge in [0.1, 0.15) is 0 Å². The number of aliphatic carboxylic acids is 1. The van der Waals surface area contributed by atoms with Crippen LogP contribution < -0.4 is 0 Å². The molecule has 0 bridgehead atoms. The Bertz CT molecular complexity index is 624. The van der Waals surface area contributed by atoms with Crippen molar-refractivity contribution in [3.8, 4) is 0 Å². The lowest BCUT2D eigenvalue weighted by molar-refractivity contribution is -0.131. The number of carboxylic acid groups (broad SMARTS) is 1. The summed E-state index contributed by atoms with van der Waals surface area (Å²) in [5.74, 6) is -1.64. The van der Waals surface area contributed by atoms with Crippen LogP contribution in [0.25, 0.3) is 0 Å². The van der Waals surface area contributed by atoms with E-state index in [2.05, 4.69) is 0 Å². The van der Waals surface area contributed by atoms with Gasteiger partial charge in [0.05, 0.1) is 10.6 Å². The highest BCUT2D eigenvalue weighted by Crippen LogP contribution is 2.15. The lowest BCUT2D eigenvalue weighted by atomic mass is 10.1. The third kappa shape index (κ3) is 4.62. The van der Waals surface area contributed by atoms with Crippen molar-refractivity contribution >= 4 is 21.6 Å². The molecule has 1 N–H and O–H groups in total. The van der Waals surface area contributed by atoms with Crippen molar-refractivity contribution in [1.82, 2.24) is 0 Å². The largest absolute Gasteiger partial charge is 0.478 e. The predicted molar refractivity (Wildman–Crippen MR) is 74.4 cm³/mol. The fourth-order valence-corrected chi connectivity index (χ4v) is 3.23. The standard InChI is InChI=1S/C14H16O5S/c1-10(2)9-20(18,19)12-5-3-11(4-6-12)13(15)7-8-14(16)17/h3-8,10H,9H2,1-2H3,(H,16,17)/b8-7+. The minimum atomic E-state index is -3.35. The molecule has 0 aliphatic rings. The van der Waals surface area contributed by atoms with Gasteiger partial charge in [-0.2, -0.15) is 0 Å². The molecule has 0 aliphatic carbocycles. The molecule has 0 atom stereocenters. The molecule has 5 nitrogen and oxygen atoms in total. The van der Waals surface area contributed by atoms with Gasteiger partial charge in [0.2, 0.25) is 0 Å². The van der Waals surface area contributed by atoms with Crippen molar-refractivity contribution in [3.63, 3.8) is 0 Å². The minimum Gasteiger partial charge on any atom is -0.478 e. The second-order valence-corrected chi connectivity index (χ2v) is 6.77. The SMILES string of the molecule is CC(C)CS(=O)(=O)c1ccc(C(=O)/C=C/C(=O)O)cc1. The lowest BCUT2D eigenvalue weighted by Gasteiger charge is -2.07. The molecule has 0 fully saturated rings. The first-order valence-corrected chi connectivity index (χ1v) is 7.66. The van der Waals surface area contributed by atoms with E-state index in [1.807, 2.05) is 13.8 Å². The molecule has 6 heteroatoms. The van der Waals surface area contributed by atoms with E-state index >= 15 is 0 Å². The summed E-state index contributed by atoms with van der Waals surface area (Å²) in [5, 5.41) is 8.43. The summed E-state index contributed by atoms with van der Waals surface area (Å²) >= 11 is 0. The van der Waals surface area contributed by atoms with E-state index < -0.39 is 21.6 Å². The quantitative estimate of drug-likeness (QED) is 0.640. The number of hydrogen-bond donors (Lipinski definition) is 1. The van der Waals surface area contributed by atoms with Crippen LogP contribution in [0.5, 0.6) is 0 Å². The maximum Gasteiger partial charge on any atom is 0.328 e. The Kier molecular flexibility index (Phi) is 5.21. The van der Waals surface area contributed by atoms with Crippen LogP contribution in [-0.2, 0) is 14.6 Å². The summed E-state index contributed by atoms with van der Waals surface area (Å²) in [7, 11) is -3.35. The predicted octanol–water partition coefficient (Wildman–Crippen LogP) is 1.94. The average Bonchev–Trinajstić information content (AvgIpc) is 2.34. The molecule has 20 heavy (non-hydrogen) atoms. The molecule has 0 saturated carbocycles. The molecule has 1 rings (SSSR count). The van der Waals surface area contributed by atoms with Crippen LogP contribution in [-0.4, -0.2) is 31.0 Å². The Labute approximate surface area is 117 Å².